The van der Waals surface area contributed by atoms with Gasteiger partial charge in [-0.15, -0.1) is 24.0 Å². The van der Waals surface area contributed by atoms with Crippen LogP contribution < -0.4 is 20.4 Å². The van der Waals surface area contributed by atoms with Crippen molar-refractivity contribution < 1.29 is 8.78 Å². The Morgan fingerprint density at radius 2 is 1.66 bits per heavy atom. The van der Waals surface area contributed by atoms with Crippen LogP contribution in [0.25, 0.3) is 0 Å². The van der Waals surface area contributed by atoms with Gasteiger partial charge in [-0.25, -0.2) is 8.78 Å². The molecule has 0 saturated carbocycles. The summed E-state index contributed by atoms with van der Waals surface area (Å²) in [5.41, 5.74) is 3.28. The first-order chi connectivity index (χ1) is 15.0. The molecule has 2 fully saturated rings. The molecular weight excluding hydrogens is 523 g/mol. The molecule has 2 heterocycles. The minimum Gasteiger partial charge on any atom is -0.371 e. The molecule has 0 aliphatic carbocycles. The first-order valence-corrected chi connectivity index (χ1v) is 11.0. The highest BCUT2D eigenvalue weighted by atomic mass is 127. The van der Waals surface area contributed by atoms with Crippen molar-refractivity contribution in [1.82, 2.24) is 10.6 Å². The number of hydrogen-bond donors (Lipinski definition) is 2. The van der Waals surface area contributed by atoms with E-state index in [1.54, 1.807) is 13.1 Å². The normalized spacial score (nSPS) is 20.9. The SMILES string of the molecule is CN=C(NCC1CCN(c2ccc(F)c(F)c2)C1)NC1CCN(c2ccc(C)cc2)C1.I. The van der Waals surface area contributed by atoms with Gasteiger partial charge in [0.15, 0.2) is 17.6 Å². The second-order valence-corrected chi connectivity index (χ2v) is 8.56. The molecule has 2 saturated heterocycles. The van der Waals surface area contributed by atoms with Crippen molar-refractivity contribution in [3.63, 3.8) is 0 Å². The van der Waals surface area contributed by atoms with Gasteiger partial charge in [-0.05, 0) is 49.9 Å². The maximum Gasteiger partial charge on any atom is 0.191 e. The molecular formula is C24H32F2IN5. The van der Waals surface area contributed by atoms with Gasteiger partial charge in [0.2, 0.25) is 0 Å². The van der Waals surface area contributed by atoms with Gasteiger partial charge in [0, 0.05) is 63.3 Å². The van der Waals surface area contributed by atoms with Crippen molar-refractivity contribution in [3.8, 4) is 0 Å². The van der Waals surface area contributed by atoms with Crippen LogP contribution in [0.2, 0.25) is 0 Å². The van der Waals surface area contributed by atoms with Crippen molar-refractivity contribution in [2.45, 2.75) is 25.8 Å². The summed E-state index contributed by atoms with van der Waals surface area (Å²) in [6.45, 7) is 6.56. The Bertz CT molecular complexity index is 921. The van der Waals surface area contributed by atoms with Crippen LogP contribution in [0, 0.1) is 24.5 Å². The topological polar surface area (TPSA) is 42.9 Å². The maximum absolute atomic E-state index is 13.5. The molecule has 2 N–H and O–H groups in total. The van der Waals surface area contributed by atoms with Crippen LogP contribution in [0.1, 0.15) is 18.4 Å². The summed E-state index contributed by atoms with van der Waals surface area (Å²) in [6, 6.07) is 13.2. The summed E-state index contributed by atoms with van der Waals surface area (Å²) < 4.78 is 26.7. The smallest absolute Gasteiger partial charge is 0.191 e. The molecule has 0 spiro atoms. The van der Waals surface area contributed by atoms with Gasteiger partial charge < -0.3 is 20.4 Å². The van der Waals surface area contributed by atoms with Gasteiger partial charge in [-0.1, -0.05) is 17.7 Å². The van der Waals surface area contributed by atoms with Crippen LogP contribution in [0.3, 0.4) is 0 Å². The summed E-state index contributed by atoms with van der Waals surface area (Å²) in [5.74, 6) is -0.342. The zero-order valence-electron chi connectivity index (χ0n) is 18.7. The zero-order valence-corrected chi connectivity index (χ0v) is 21.0. The average molecular weight is 555 g/mol. The van der Waals surface area contributed by atoms with Crippen molar-refractivity contribution in [2.24, 2.45) is 10.9 Å². The van der Waals surface area contributed by atoms with Crippen molar-refractivity contribution in [2.75, 3.05) is 49.6 Å². The Morgan fingerprint density at radius 1 is 0.969 bits per heavy atom. The fraction of sp³-hybridized carbons (Fsp3) is 0.458. The predicted molar refractivity (Wildman–Crippen MR) is 138 cm³/mol. The van der Waals surface area contributed by atoms with Gasteiger partial charge >= 0.3 is 0 Å². The van der Waals surface area contributed by atoms with Gasteiger partial charge in [-0.3, -0.25) is 4.99 Å². The van der Waals surface area contributed by atoms with Gasteiger partial charge in [0.1, 0.15) is 0 Å². The Labute approximate surface area is 206 Å². The number of nitrogens with zero attached hydrogens (tertiary/aromatic N) is 3. The molecule has 0 radical (unpaired) electrons. The Morgan fingerprint density at radius 3 is 2.38 bits per heavy atom. The molecule has 174 valence electrons. The maximum atomic E-state index is 13.5. The number of benzene rings is 2. The van der Waals surface area contributed by atoms with E-state index in [9.17, 15) is 8.78 Å². The van der Waals surface area contributed by atoms with Gasteiger partial charge in [0.05, 0.1) is 0 Å². The number of halogens is 3. The molecule has 0 amide bonds. The highest BCUT2D eigenvalue weighted by Crippen LogP contribution is 2.25. The van der Waals surface area contributed by atoms with E-state index in [1.807, 2.05) is 0 Å². The van der Waals surface area contributed by atoms with E-state index in [-0.39, 0.29) is 24.0 Å². The molecule has 2 aromatic carbocycles. The largest absolute Gasteiger partial charge is 0.371 e. The standard InChI is InChI=1S/C24H31F2N5.HI/c1-17-3-5-20(6-4-17)31-12-10-19(16-31)29-24(27-2)28-14-18-9-11-30(15-18)21-7-8-22(25)23(26)13-21;/h3-8,13,18-19H,9-12,14-16H2,1-2H3,(H2,27,28,29);1H. The molecule has 0 bridgehead atoms. The highest BCUT2D eigenvalue weighted by Gasteiger charge is 2.26. The van der Waals surface area contributed by atoms with Crippen molar-refractivity contribution in [3.05, 3.63) is 59.7 Å². The summed E-state index contributed by atoms with van der Waals surface area (Å²) in [4.78, 5) is 8.91. The minimum atomic E-state index is -0.802. The molecule has 5 nitrogen and oxygen atoms in total. The fourth-order valence-electron chi connectivity index (χ4n) is 4.41. The first kappa shape index (κ1) is 24.5. The summed E-state index contributed by atoms with van der Waals surface area (Å²) in [7, 11) is 1.80. The Balaban J connectivity index is 0.00000289. The average Bonchev–Trinajstić information content (AvgIpc) is 3.43. The third kappa shape index (κ3) is 6.02. The zero-order chi connectivity index (χ0) is 21.8. The van der Waals surface area contributed by atoms with Crippen molar-refractivity contribution >= 4 is 41.3 Å². The lowest BCUT2D eigenvalue weighted by molar-refractivity contribution is 0.508. The summed E-state index contributed by atoms with van der Waals surface area (Å²) in [5, 5.41) is 7.00. The van der Waals surface area contributed by atoms with Crippen LogP contribution in [0.4, 0.5) is 20.2 Å². The second-order valence-electron chi connectivity index (χ2n) is 8.56. The first-order valence-electron chi connectivity index (χ1n) is 11.0. The summed E-state index contributed by atoms with van der Waals surface area (Å²) in [6.07, 6.45) is 2.08. The van der Waals surface area contributed by atoms with E-state index in [4.69, 9.17) is 0 Å². The lowest BCUT2D eigenvalue weighted by Crippen LogP contribution is -2.46. The molecule has 2 unspecified atom stereocenters. The number of aliphatic imine (C=N–C) groups is 1. The van der Waals surface area contributed by atoms with Crippen LogP contribution in [-0.2, 0) is 0 Å². The number of aryl methyl sites for hydroxylation is 1. The number of rotatable bonds is 5. The Kier molecular flexibility index (Phi) is 8.56. The predicted octanol–water partition coefficient (Wildman–Crippen LogP) is 4.16. The number of anilines is 2. The molecule has 2 atom stereocenters. The van der Waals surface area contributed by atoms with E-state index in [1.165, 1.54) is 23.4 Å². The van der Waals surface area contributed by atoms with E-state index in [0.29, 0.717) is 12.0 Å². The minimum absolute atomic E-state index is 0. The summed E-state index contributed by atoms with van der Waals surface area (Å²) >= 11 is 0. The molecule has 0 aromatic heterocycles. The van der Waals surface area contributed by atoms with E-state index >= 15 is 0 Å². The van der Waals surface area contributed by atoms with Crippen LogP contribution in [-0.4, -0.2) is 51.8 Å². The number of guanidine groups is 1. The fourth-order valence-corrected chi connectivity index (χ4v) is 4.41. The third-order valence-corrected chi connectivity index (χ3v) is 6.26. The lowest BCUT2D eigenvalue weighted by Gasteiger charge is -2.22. The van der Waals surface area contributed by atoms with E-state index < -0.39 is 11.6 Å². The van der Waals surface area contributed by atoms with Crippen LogP contribution in [0.5, 0.6) is 0 Å². The molecule has 2 aromatic rings. The molecule has 8 heteroatoms. The molecule has 4 rings (SSSR count). The van der Waals surface area contributed by atoms with Gasteiger partial charge in [0.25, 0.3) is 0 Å². The second kappa shape index (κ2) is 11.2. The monoisotopic (exact) mass is 555 g/mol. The van der Waals surface area contributed by atoms with Crippen molar-refractivity contribution in [1.29, 1.82) is 0 Å². The van der Waals surface area contributed by atoms with E-state index in [0.717, 1.165) is 57.2 Å². The van der Waals surface area contributed by atoms with Crippen LogP contribution in [0.15, 0.2) is 47.5 Å². The van der Waals surface area contributed by atoms with E-state index in [2.05, 4.69) is 56.6 Å². The Hall–Kier alpha value is -2.10. The number of hydrogen-bond acceptors (Lipinski definition) is 3. The quantitative estimate of drug-likeness (QED) is 0.331. The van der Waals surface area contributed by atoms with Crippen LogP contribution >= 0.6 is 24.0 Å². The molecule has 2 aliphatic rings. The lowest BCUT2D eigenvalue weighted by atomic mass is 10.1. The third-order valence-electron chi connectivity index (χ3n) is 6.26. The van der Waals surface area contributed by atoms with Gasteiger partial charge in [-0.2, -0.15) is 0 Å². The molecule has 2 aliphatic heterocycles. The number of nitrogens with one attached hydrogen (secondary N) is 2. The highest BCUT2D eigenvalue weighted by molar-refractivity contribution is 14.0. The molecule has 32 heavy (non-hydrogen) atoms.